The molecule has 1 aromatic heterocycles. The van der Waals surface area contributed by atoms with Crippen LogP contribution in [0.15, 0.2) is 66.9 Å². The summed E-state index contributed by atoms with van der Waals surface area (Å²) in [6.07, 6.45) is -0.657. The standard InChI is InChI=1S/C36H42F2N6O6.C2HF3O2/c1-36(2,3)34(33-24(18-23-8-5-4-6-9-23)20-44(41-33)29-19-25(37)11-12-27(29)38)42(32(49)22-45)17-15-28(39)35(50)40-16-7-10-26(46)21-43-30(47)13-14-31(43)48;3-2(4,5)1(6)7/h4-6,8-9,11-14,19-20,28,34,45H,7,10,15-18,21-22,39H2,1-3H3,(H,40,50);(H,6,7)/t28-,34-;/m0./s1. The highest BCUT2D eigenvalue weighted by Crippen LogP contribution is 2.40. The molecule has 0 aliphatic carbocycles. The number of nitrogens with zero attached hydrogens (tertiary/aromatic N) is 4. The number of halogens is 5. The van der Waals surface area contributed by atoms with Gasteiger partial charge in [-0.15, -0.1) is 0 Å². The number of Topliss-reactive ketones (excluding diaryl/α,β-unsaturated/α-hetero) is 1. The second kappa shape index (κ2) is 19.9. The molecular formula is C38H43F5N6O8. The van der Waals surface area contributed by atoms with Crippen molar-refractivity contribution in [1.29, 1.82) is 0 Å². The Bertz CT molecular complexity index is 1940. The largest absolute Gasteiger partial charge is 0.490 e. The molecule has 4 amide bonds. The number of alkyl halides is 3. The number of imide groups is 1. The fourth-order valence-corrected chi connectivity index (χ4v) is 5.78. The SMILES string of the molecule is CC(C)(C)[C@H](c1nn(-c2cc(F)ccc2F)cc1Cc1ccccc1)N(CC[C@H](N)C(=O)NCCCC(=O)CN1C(=O)C=CC1=O)C(=O)CO.O=C(O)C(F)(F)F. The highest BCUT2D eigenvalue weighted by Gasteiger charge is 2.39. The minimum Gasteiger partial charge on any atom is -0.475 e. The van der Waals surface area contributed by atoms with Crippen LogP contribution in [0.1, 0.15) is 62.9 Å². The molecule has 2 aromatic carbocycles. The molecule has 1 aliphatic heterocycles. The van der Waals surface area contributed by atoms with Gasteiger partial charge in [0.25, 0.3) is 11.8 Å². The molecule has 308 valence electrons. The Kier molecular flexibility index (Phi) is 15.9. The number of aliphatic hydroxyl groups excluding tert-OH is 1. The summed E-state index contributed by atoms with van der Waals surface area (Å²) in [5, 5.41) is 24.5. The number of carbonyl (C=O) groups excluding carboxylic acids is 5. The fourth-order valence-electron chi connectivity index (χ4n) is 5.78. The number of nitrogens with one attached hydrogen (secondary N) is 1. The predicted octanol–water partition coefficient (Wildman–Crippen LogP) is 3.39. The van der Waals surface area contributed by atoms with Gasteiger partial charge in [-0.2, -0.15) is 18.3 Å². The van der Waals surface area contributed by atoms with Gasteiger partial charge in [-0.1, -0.05) is 51.1 Å². The number of hydrogen-bond acceptors (Lipinski definition) is 9. The molecule has 5 N–H and O–H groups in total. The monoisotopic (exact) mass is 806 g/mol. The van der Waals surface area contributed by atoms with Crippen LogP contribution in [-0.4, -0.2) is 104 Å². The lowest BCUT2D eigenvalue weighted by Gasteiger charge is -2.40. The molecule has 0 unspecified atom stereocenters. The summed E-state index contributed by atoms with van der Waals surface area (Å²) in [5.74, 6) is -6.71. The topological polar surface area (TPSA) is 205 Å². The zero-order valence-electron chi connectivity index (χ0n) is 31.3. The maximum Gasteiger partial charge on any atom is 0.490 e. The molecule has 2 heterocycles. The number of carboxylic acid groups (broad SMARTS) is 1. The minimum atomic E-state index is -5.08. The smallest absolute Gasteiger partial charge is 0.475 e. The maximum atomic E-state index is 14.9. The van der Waals surface area contributed by atoms with E-state index in [1.165, 1.54) is 9.58 Å². The van der Waals surface area contributed by atoms with E-state index in [-0.39, 0.29) is 50.4 Å². The summed E-state index contributed by atoms with van der Waals surface area (Å²) in [7, 11) is 0. The van der Waals surface area contributed by atoms with Gasteiger partial charge >= 0.3 is 12.1 Å². The first kappa shape index (κ1) is 45.6. The summed E-state index contributed by atoms with van der Waals surface area (Å²) >= 11 is 0. The normalized spacial score (nSPS) is 13.8. The third-order valence-corrected chi connectivity index (χ3v) is 8.49. The van der Waals surface area contributed by atoms with Gasteiger partial charge < -0.3 is 26.2 Å². The number of hydrogen-bond donors (Lipinski definition) is 4. The first-order valence-electron chi connectivity index (χ1n) is 17.5. The number of aromatic nitrogens is 2. The van der Waals surface area contributed by atoms with E-state index in [2.05, 4.69) is 5.32 Å². The molecule has 4 rings (SSSR count). The Labute approximate surface area is 324 Å². The maximum absolute atomic E-state index is 14.9. The Morgan fingerprint density at radius 2 is 1.60 bits per heavy atom. The van der Waals surface area contributed by atoms with E-state index >= 15 is 0 Å². The van der Waals surface area contributed by atoms with Gasteiger partial charge in [0.05, 0.1) is 24.3 Å². The Morgan fingerprint density at radius 1 is 0.982 bits per heavy atom. The fraction of sp³-hybridized carbons (Fsp3) is 0.395. The van der Waals surface area contributed by atoms with Crippen molar-refractivity contribution in [3.8, 4) is 5.69 Å². The quantitative estimate of drug-likeness (QED) is 0.0944. The number of aliphatic hydroxyl groups is 1. The van der Waals surface area contributed by atoms with Crippen molar-refractivity contribution in [3.05, 3.63) is 95.3 Å². The van der Waals surface area contributed by atoms with Gasteiger partial charge in [0, 0.05) is 55.9 Å². The van der Waals surface area contributed by atoms with Crippen LogP contribution in [0, 0.1) is 17.0 Å². The second-order valence-electron chi connectivity index (χ2n) is 14.0. The van der Waals surface area contributed by atoms with Gasteiger partial charge in [0.2, 0.25) is 11.8 Å². The predicted molar refractivity (Wildman–Crippen MR) is 193 cm³/mol. The van der Waals surface area contributed by atoms with Crippen LogP contribution >= 0.6 is 0 Å². The van der Waals surface area contributed by atoms with Crippen molar-refractivity contribution in [2.24, 2.45) is 11.1 Å². The van der Waals surface area contributed by atoms with Crippen LogP contribution in [0.2, 0.25) is 0 Å². The Hall–Kier alpha value is -5.82. The average molecular weight is 807 g/mol. The average Bonchev–Trinajstić information content (AvgIpc) is 3.69. The number of nitrogens with two attached hydrogens (primary N) is 1. The summed E-state index contributed by atoms with van der Waals surface area (Å²) in [4.78, 5) is 72.9. The molecule has 1 aliphatic rings. The number of ketones is 1. The lowest BCUT2D eigenvalue weighted by atomic mass is 9.81. The van der Waals surface area contributed by atoms with Crippen LogP contribution < -0.4 is 11.1 Å². The molecule has 2 atom stereocenters. The van der Waals surface area contributed by atoms with Crippen molar-refractivity contribution in [2.45, 2.75) is 64.7 Å². The zero-order chi connectivity index (χ0) is 42.7. The molecule has 0 fully saturated rings. The first-order valence-corrected chi connectivity index (χ1v) is 17.5. The Morgan fingerprint density at radius 3 is 2.16 bits per heavy atom. The van der Waals surface area contributed by atoms with Crippen LogP contribution in [0.3, 0.4) is 0 Å². The number of benzene rings is 2. The summed E-state index contributed by atoms with van der Waals surface area (Å²) in [6.45, 7) is 4.52. The van der Waals surface area contributed by atoms with E-state index < -0.39 is 71.5 Å². The van der Waals surface area contributed by atoms with Gasteiger partial charge in [0.1, 0.15) is 23.9 Å². The molecule has 14 nitrogen and oxygen atoms in total. The molecule has 0 bridgehead atoms. The van der Waals surface area contributed by atoms with E-state index in [4.69, 9.17) is 20.7 Å². The lowest BCUT2D eigenvalue weighted by molar-refractivity contribution is -0.192. The molecule has 0 spiro atoms. The molecule has 57 heavy (non-hydrogen) atoms. The van der Waals surface area contributed by atoms with Gasteiger partial charge in [-0.05, 0) is 36.0 Å². The Balaban J connectivity index is 0.00000113. The number of carbonyl (C=O) groups is 6. The van der Waals surface area contributed by atoms with E-state index in [1.807, 2.05) is 51.1 Å². The first-order chi connectivity index (χ1) is 26.6. The molecule has 0 saturated carbocycles. The van der Waals surface area contributed by atoms with Gasteiger partial charge in [-0.3, -0.25) is 28.9 Å². The third kappa shape index (κ3) is 13.1. The van der Waals surface area contributed by atoms with Crippen molar-refractivity contribution in [1.82, 2.24) is 24.9 Å². The number of carboxylic acids is 1. The molecule has 3 aromatic rings. The van der Waals surface area contributed by atoms with Crippen molar-refractivity contribution in [3.63, 3.8) is 0 Å². The van der Waals surface area contributed by atoms with Gasteiger partial charge in [-0.25, -0.2) is 18.3 Å². The van der Waals surface area contributed by atoms with E-state index in [0.29, 0.717) is 17.7 Å². The highest BCUT2D eigenvalue weighted by molar-refractivity contribution is 6.14. The van der Waals surface area contributed by atoms with Crippen molar-refractivity contribution >= 4 is 35.4 Å². The minimum absolute atomic E-state index is 0.00250. The van der Waals surface area contributed by atoms with Crippen LogP contribution in [0.4, 0.5) is 22.0 Å². The second-order valence-corrected chi connectivity index (χ2v) is 14.0. The van der Waals surface area contributed by atoms with E-state index in [1.54, 1.807) is 6.20 Å². The number of aliphatic carboxylic acids is 1. The van der Waals surface area contributed by atoms with Crippen LogP contribution in [0.25, 0.3) is 5.69 Å². The molecule has 0 radical (unpaired) electrons. The number of amides is 4. The molecule has 19 heteroatoms. The summed E-state index contributed by atoms with van der Waals surface area (Å²) in [5.41, 5.74) is 7.36. The van der Waals surface area contributed by atoms with Crippen LogP contribution in [0.5, 0.6) is 0 Å². The zero-order valence-corrected chi connectivity index (χ0v) is 31.3. The molecular weight excluding hydrogens is 763 g/mol. The van der Waals surface area contributed by atoms with E-state index in [0.717, 1.165) is 40.8 Å². The van der Waals surface area contributed by atoms with E-state index in [9.17, 15) is 51.0 Å². The summed E-state index contributed by atoms with van der Waals surface area (Å²) < 4.78 is 62.1. The van der Waals surface area contributed by atoms with Crippen molar-refractivity contribution < 1.29 is 60.9 Å². The summed E-state index contributed by atoms with van der Waals surface area (Å²) in [6, 6.07) is 10.6. The van der Waals surface area contributed by atoms with Crippen molar-refractivity contribution in [2.75, 3.05) is 26.2 Å². The molecule has 0 saturated heterocycles. The van der Waals surface area contributed by atoms with Crippen LogP contribution in [-0.2, 0) is 35.2 Å². The highest BCUT2D eigenvalue weighted by atomic mass is 19.4. The third-order valence-electron chi connectivity index (χ3n) is 8.49. The van der Waals surface area contributed by atoms with Gasteiger partial charge in [0.15, 0.2) is 5.78 Å². The number of rotatable bonds is 16. The lowest BCUT2D eigenvalue weighted by Crippen LogP contribution is -2.47.